The number of thioether (sulfide) groups is 1. The van der Waals surface area contributed by atoms with Gasteiger partial charge in [0.15, 0.2) is 0 Å². The summed E-state index contributed by atoms with van der Waals surface area (Å²) in [6.07, 6.45) is 4.31. The molecule has 0 aliphatic carbocycles. The third-order valence-corrected chi connectivity index (χ3v) is 7.79. The van der Waals surface area contributed by atoms with E-state index < -0.39 is 0 Å². The molecule has 0 spiro atoms. The van der Waals surface area contributed by atoms with Crippen LogP contribution in [0.15, 0.2) is 9.70 Å². The predicted molar refractivity (Wildman–Crippen MR) is 146 cm³/mol. The zero-order valence-electron chi connectivity index (χ0n) is 21.1. The monoisotopic (exact) mass is 517 g/mol. The zero-order chi connectivity index (χ0) is 25.5. The fourth-order valence-corrected chi connectivity index (χ4v) is 5.61. The number of rotatable bonds is 10. The third kappa shape index (κ3) is 6.15. The molecular formula is C25H35N5O3S2. The van der Waals surface area contributed by atoms with E-state index in [0.717, 1.165) is 50.4 Å². The first-order valence-electron chi connectivity index (χ1n) is 12.3. The van der Waals surface area contributed by atoms with Crippen LogP contribution < -0.4 is 10.5 Å². The number of carbonyl (C=O) groups is 1. The summed E-state index contributed by atoms with van der Waals surface area (Å²) >= 11 is 6.79. The predicted octanol–water partition coefficient (Wildman–Crippen LogP) is 3.21. The van der Waals surface area contributed by atoms with Gasteiger partial charge in [0.1, 0.15) is 21.8 Å². The van der Waals surface area contributed by atoms with E-state index in [-0.39, 0.29) is 17.0 Å². The Hall–Kier alpha value is -2.19. The van der Waals surface area contributed by atoms with E-state index in [4.69, 9.17) is 17.0 Å². The molecule has 0 atom stereocenters. The molecule has 3 rings (SSSR count). The number of ether oxygens (including phenoxy) is 1. The van der Waals surface area contributed by atoms with E-state index in [2.05, 4.69) is 29.8 Å². The van der Waals surface area contributed by atoms with Crippen LogP contribution in [0.2, 0.25) is 0 Å². The van der Waals surface area contributed by atoms with Crippen molar-refractivity contribution in [2.24, 2.45) is 0 Å². The molecule has 10 heteroatoms. The highest BCUT2D eigenvalue weighted by molar-refractivity contribution is 8.26. The van der Waals surface area contributed by atoms with Gasteiger partial charge in [0.25, 0.3) is 11.5 Å². The van der Waals surface area contributed by atoms with E-state index in [1.807, 2.05) is 13.0 Å². The highest BCUT2D eigenvalue weighted by atomic mass is 32.2. The standard InChI is InChI=1S/C25H35N5O3S2/c1-5-7-9-29-22(28-13-11-27(4)12-14-28)19(18(3)20(17-26)23(29)31)16-21-24(32)30(25(34)35-21)10-8-15-33-6-2/h16H,5-15H2,1-4H3/b21-16+. The van der Waals surface area contributed by atoms with Crippen LogP contribution in [-0.2, 0) is 16.1 Å². The van der Waals surface area contributed by atoms with Gasteiger partial charge >= 0.3 is 0 Å². The molecule has 1 amide bonds. The largest absolute Gasteiger partial charge is 0.382 e. The summed E-state index contributed by atoms with van der Waals surface area (Å²) in [5.74, 6) is 0.666. The summed E-state index contributed by atoms with van der Waals surface area (Å²) in [4.78, 5) is 33.2. The molecule has 3 heterocycles. The first kappa shape index (κ1) is 27.4. The second kappa shape index (κ2) is 12.7. The van der Waals surface area contributed by atoms with Crippen LogP contribution in [-0.4, -0.2) is 77.6 Å². The number of likely N-dealkylation sites (N-methyl/N-ethyl adjacent to an activating group) is 1. The molecular weight excluding hydrogens is 482 g/mol. The molecule has 1 aromatic rings. The minimum Gasteiger partial charge on any atom is -0.382 e. The highest BCUT2D eigenvalue weighted by Crippen LogP contribution is 2.36. The number of unbranched alkanes of at least 4 members (excludes halogenated alkanes) is 1. The fraction of sp³-hybridized carbons (Fsp3) is 0.600. The Morgan fingerprint density at radius 1 is 1.14 bits per heavy atom. The van der Waals surface area contributed by atoms with Crippen molar-refractivity contribution >= 4 is 46.1 Å². The molecule has 0 bridgehead atoms. The average Bonchev–Trinajstić information content (AvgIpc) is 3.11. The van der Waals surface area contributed by atoms with E-state index in [0.29, 0.717) is 47.5 Å². The maximum atomic E-state index is 13.4. The molecule has 35 heavy (non-hydrogen) atoms. The lowest BCUT2D eigenvalue weighted by Gasteiger charge is -2.36. The Morgan fingerprint density at radius 2 is 1.86 bits per heavy atom. The normalized spacial score (nSPS) is 18.1. The molecule has 0 aromatic carbocycles. The summed E-state index contributed by atoms with van der Waals surface area (Å²) in [6, 6.07) is 2.12. The maximum Gasteiger partial charge on any atom is 0.270 e. The Bertz CT molecular complexity index is 1080. The van der Waals surface area contributed by atoms with Crippen molar-refractivity contribution in [1.82, 2.24) is 14.4 Å². The lowest BCUT2D eigenvalue weighted by Crippen LogP contribution is -2.47. The number of nitrogens with zero attached hydrogens (tertiary/aromatic N) is 5. The van der Waals surface area contributed by atoms with E-state index >= 15 is 0 Å². The van der Waals surface area contributed by atoms with Crippen LogP contribution in [0.3, 0.4) is 0 Å². The van der Waals surface area contributed by atoms with E-state index in [1.165, 1.54) is 11.8 Å². The second-order valence-electron chi connectivity index (χ2n) is 8.83. The SMILES string of the molecule is CCCCn1c(N2CCN(C)CC2)c(/C=C2/SC(=S)N(CCCOCC)C2=O)c(C)c(C#N)c1=O. The lowest BCUT2D eigenvalue weighted by atomic mass is 10.0. The van der Waals surface area contributed by atoms with Gasteiger partial charge in [-0.3, -0.25) is 19.1 Å². The molecule has 2 aliphatic heterocycles. The number of hydrogen-bond acceptors (Lipinski definition) is 8. The number of pyridine rings is 1. The molecule has 2 saturated heterocycles. The summed E-state index contributed by atoms with van der Waals surface area (Å²) in [5.41, 5.74) is 1.25. The minimum atomic E-state index is -0.256. The van der Waals surface area contributed by atoms with Gasteiger partial charge < -0.3 is 14.5 Å². The summed E-state index contributed by atoms with van der Waals surface area (Å²) in [5, 5.41) is 9.83. The second-order valence-corrected chi connectivity index (χ2v) is 10.5. The van der Waals surface area contributed by atoms with Gasteiger partial charge in [-0.25, -0.2) is 0 Å². The number of amides is 1. The van der Waals surface area contributed by atoms with Gasteiger partial charge in [-0.1, -0.05) is 37.3 Å². The molecule has 190 valence electrons. The minimum absolute atomic E-state index is 0.134. The summed E-state index contributed by atoms with van der Waals surface area (Å²) in [7, 11) is 2.09. The number of hydrogen-bond donors (Lipinski definition) is 0. The molecule has 0 N–H and O–H groups in total. The first-order chi connectivity index (χ1) is 16.8. The number of aromatic nitrogens is 1. The van der Waals surface area contributed by atoms with Gasteiger partial charge in [-0.05, 0) is 45.4 Å². The van der Waals surface area contributed by atoms with Crippen LogP contribution >= 0.6 is 24.0 Å². The van der Waals surface area contributed by atoms with Crippen molar-refractivity contribution in [3.05, 3.63) is 31.9 Å². The van der Waals surface area contributed by atoms with Crippen molar-refractivity contribution < 1.29 is 9.53 Å². The van der Waals surface area contributed by atoms with Gasteiger partial charge in [-0.15, -0.1) is 0 Å². The lowest BCUT2D eigenvalue weighted by molar-refractivity contribution is -0.122. The quantitative estimate of drug-likeness (QED) is 0.266. The summed E-state index contributed by atoms with van der Waals surface area (Å²) in [6.45, 7) is 11.4. The van der Waals surface area contributed by atoms with Crippen LogP contribution in [0.1, 0.15) is 49.8 Å². The summed E-state index contributed by atoms with van der Waals surface area (Å²) < 4.78 is 7.67. The fourth-order valence-electron chi connectivity index (χ4n) is 4.32. The smallest absolute Gasteiger partial charge is 0.270 e. The number of nitriles is 1. The van der Waals surface area contributed by atoms with E-state index in [1.54, 1.807) is 16.4 Å². The van der Waals surface area contributed by atoms with Gasteiger partial charge in [0.05, 0.1) is 4.91 Å². The number of anilines is 1. The Balaban J connectivity index is 2.08. The molecule has 2 aliphatic rings. The third-order valence-electron chi connectivity index (χ3n) is 6.41. The average molecular weight is 518 g/mol. The van der Waals surface area contributed by atoms with Crippen LogP contribution in [0.25, 0.3) is 6.08 Å². The zero-order valence-corrected chi connectivity index (χ0v) is 22.8. The number of piperazine rings is 1. The molecule has 8 nitrogen and oxygen atoms in total. The van der Waals surface area contributed by atoms with Crippen LogP contribution in [0.4, 0.5) is 5.82 Å². The molecule has 0 radical (unpaired) electrons. The van der Waals surface area contributed by atoms with Crippen molar-refractivity contribution in [2.45, 2.75) is 46.6 Å². The number of thiocarbonyl (C=S) groups is 1. The van der Waals surface area contributed by atoms with Gasteiger partial charge in [0.2, 0.25) is 0 Å². The molecule has 1 aromatic heterocycles. The Morgan fingerprint density at radius 3 is 2.49 bits per heavy atom. The van der Waals surface area contributed by atoms with Crippen molar-refractivity contribution in [3.63, 3.8) is 0 Å². The Kier molecular flexibility index (Phi) is 9.92. The van der Waals surface area contributed by atoms with Crippen LogP contribution in [0, 0.1) is 18.3 Å². The molecule has 0 saturated carbocycles. The van der Waals surface area contributed by atoms with Gasteiger partial charge in [0, 0.05) is 58.0 Å². The van der Waals surface area contributed by atoms with Crippen molar-refractivity contribution in [2.75, 3.05) is 57.9 Å². The van der Waals surface area contributed by atoms with Crippen molar-refractivity contribution in [3.8, 4) is 6.07 Å². The molecule has 0 unspecified atom stereocenters. The van der Waals surface area contributed by atoms with Crippen molar-refractivity contribution in [1.29, 1.82) is 5.26 Å². The Labute approximate surface area is 217 Å². The molecule has 2 fully saturated rings. The topological polar surface area (TPSA) is 81.8 Å². The maximum absolute atomic E-state index is 13.4. The number of carbonyl (C=O) groups excluding carboxylic acids is 1. The first-order valence-corrected chi connectivity index (χ1v) is 13.5. The highest BCUT2D eigenvalue weighted by Gasteiger charge is 2.33. The van der Waals surface area contributed by atoms with Gasteiger partial charge in [-0.2, -0.15) is 5.26 Å². The van der Waals surface area contributed by atoms with Crippen LogP contribution in [0.5, 0.6) is 0 Å². The van der Waals surface area contributed by atoms with E-state index in [9.17, 15) is 14.9 Å².